The number of amides is 1. The monoisotopic (exact) mass is 252 g/mol. The third-order valence-electron chi connectivity index (χ3n) is 2.40. The molecular weight excluding hydrogens is 236 g/mol. The molecule has 0 saturated carbocycles. The first-order chi connectivity index (χ1) is 8.79. The second-order valence-electron chi connectivity index (χ2n) is 3.81. The second-order valence-corrected chi connectivity index (χ2v) is 3.81. The van der Waals surface area contributed by atoms with Crippen LogP contribution in [0.2, 0.25) is 0 Å². The highest BCUT2D eigenvalue weighted by Crippen LogP contribution is 2.32. The Morgan fingerprint density at radius 1 is 1.28 bits per heavy atom. The predicted molar refractivity (Wildman–Crippen MR) is 66.0 cm³/mol. The Bertz CT molecular complexity index is 423. The van der Waals surface area contributed by atoms with Gasteiger partial charge in [0.15, 0.2) is 11.5 Å². The molecule has 0 fully saturated rings. The number of carbonyl (C=O) groups is 1. The molecule has 0 radical (unpaired) electrons. The largest absolute Gasteiger partial charge is 0.486 e. The van der Waals surface area contributed by atoms with E-state index in [1.165, 1.54) is 0 Å². The summed E-state index contributed by atoms with van der Waals surface area (Å²) in [7, 11) is 0. The molecule has 1 aromatic rings. The quantitative estimate of drug-likeness (QED) is 0.642. The summed E-state index contributed by atoms with van der Waals surface area (Å²) >= 11 is 0. The number of carbonyl (C=O) groups excluding carboxylic acids is 1. The lowest BCUT2D eigenvalue weighted by molar-refractivity contribution is -0.115. The van der Waals surface area contributed by atoms with Crippen LogP contribution < -0.4 is 20.1 Å². The van der Waals surface area contributed by atoms with Gasteiger partial charge in [0.2, 0.25) is 5.91 Å². The van der Waals surface area contributed by atoms with Gasteiger partial charge in [-0.1, -0.05) is 0 Å². The maximum atomic E-state index is 11.5. The van der Waals surface area contributed by atoms with Crippen LogP contribution in [0.4, 0.5) is 5.69 Å². The Morgan fingerprint density at radius 2 is 2.06 bits per heavy atom. The molecule has 3 N–H and O–H groups in total. The van der Waals surface area contributed by atoms with E-state index in [-0.39, 0.29) is 19.1 Å². The Morgan fingerprint density at radius 3 is 2.83 bits per heavy atom. The molecule has 0 bridgehead atoms. The fourth-order valence-electron chi connectivity index (χ4n) is 1.61. The van der Waals surface area contributed by atoms with Gasteiger partial charge in [0, 0.05) is 18.3 Å². The van der Waals surface area contributed by atoms with E-state index in [1.807, 2.05) is 0 Å². The van der Waals surface area contributed by atoms with Gasteiger partial charge in [0.25, 0.3) is 0 Å². The number of ether oxygens (including phenoxy) is 2. The first kappa shape index (κ1) is 12.7. The van der Waals surface area contributed by atoms with Gasteiger partial charge in [-0.3, -0.25) is 4.79 Å². The van der Waals surface area contributed by atoms with Crippen molar-refractivity contribution < 1.29 is 19.4 Å². The van der Waals surface area contributed by atoms with E-state index in [2.05, 4.69) is 10.6 Å². The van der Waals surface area contributed by atoms with Crippen LogP contribution in [0.15, 0.2) is 18.2 Å². The highest BCUT2D eigenvalue weighted by Gasteiger charge is 2.12. The molecule has 0 atom stereocenters. The lowest BCUT2D eigenvalue weighted by Gasteiger charge is -2.19. The van der Waals surface area contributed by atoms with Crippen molar-refractivity contribution in [2.24, 2.45) is 0 Å². The van der Waals surface area contributed by atoms with Gasteiger partial charge >= 0.3 is 0 Å². The number of nitrogens with one attached hydrogen (secondary N) is 2. The predicted octanol–water partition coefficient (Wildman–Crippen LogP) is -0.0218. The number of anilines is 1. The van der Waals surface area contributed by atoms with Crippen molar-refractivity contribution in [1.82, 2.24) is 5.32 Å². The summed E-state index contributed by atoms with van der Waals surface area (Å²) in [5.74, 6) is 1.17. The zero-order valence-corrected chi connectivity index (χ0v) is 9.94. The van der Waals surface area contributed by atoms with Crippen LogP contribution in [0.3, 0.4) is 0 Å². The standard InChI is InChI=1S/C12H16N2O4/c15-4-3-13-8-12(16)14-9-1-2-10-11(7-9)18-6-5-17-10/h1-2,7,13,15H,3-6,8H2,(H,14,16). The van der Waals surface area contributed by atoms with Gasteiger partial charge in [0.1, 0.15) is 13.2 Å². The number of aliphatic hydroxyl groups excluding tert-OH is 1. The number of benzene rings is 1. The lowest BCUT2D eigenvalue weighted by atomic mass is 10.2. The molecule has 0 spiro atoms. The summed E-state index contributed by atoms with van der Waals surface area (Å²) < 4.78 is 10.8. The van der Waals surface area contributed by atoms with Crippen molar-refractivity contribution in [2.45, 2.75) is 0 Å². The molecule has 1 aromatic carbocycles. The molecule has 1 amide bonds. The first-order valence-corrected chi connectivity index (χ1v) is 5.80. The minimum Gasteiger partial charge on any atom is -0.486 e. The van der Waals surface area contributed by atoms with Gasteiger partial charge in [-0.2, -0.15) is 0 Å². The topological polar surface area (TPSA) is 79.8 Å². The molecule has 0 unspecified atom stereocenters. The van der Waals surface area contributed by atoms with Gasteiger partial charge in [-0.25, -0.2) is 0 Å². The molecule has 2 rings (SSSR count). The summed E-state index contributed by atoms with van der Waals surface area (Å²) in [5.41, 5.74) is 0.662. The highest BCUT2D eigenvalue weighted by atomic mass is 16.6. The minimum atomic E-state index is -0.167. The Balaban J connectivity index is 1.91. The zero-order chi connectivity index (χ0) is 12.8. The zero-order valence-electron chi connectivity index (χ0n) is 9.94. The van der Waals surface area contributed by atoms with Crippen LogP contribution in [-0.2, 0) is 4.79 Å². The normalized spacial score (nSPS) is 13.2. The fraction of sp³-hybridized carbons (Fsp3) is 0.417. The molecule has 18 heavy (non-hydrogen) atoms. The highest BCUT2D eigenvalue weighted by molar-refractivity contribution is 5.92. The Labute approximate surface area is 105 Å². The van der Waals surface area contributed by atoms with Gasteiger partial charge in [0.05, 0.1) is 13.2 Å². The third-order valence-corrected chi connectivity index (χ3v) is 2.40. The van der Waals surface area contributed by atoms with Crippen LogP contribution >= 0.6 is 0 Å². The van der Waals surface area contributed by atoms with Gasteiger partial charge in [-0.15, -0.1) is 0 Å². The molecule has 1 aliphatic rings. The van der Waals surface area contributed by atoms with Crippen LogP contribution in [0.1, 0.15) is 0 Å². The average Bonchev–Trinajstić information content (AvgIpc) is 2.39. The van der Waals surface area contributed by atoms with E-state index in [4.69, 9.17) is 14.6 Å². The summed E-state index contributed by atoms with van der Waals surface area (Å²) in [4.78, 5) is 11.5. The second kappa shape index (κ2) is 6.23. The van der Waals surface area contributed by atoms with E-state index in [9.17, 15) is 4.79 Å². The van der Waals surface area contributed by atoms with E-state index >= 15 is 0 Å². The maximum absolute atomic E-state index is 11.5. The summed E-state index contributed by atoms with van der Waals surface area (Å²) in [6.07, 6.45) is 0. The number of hydrogen-bond acceptors (Lipinski definition) is 5. The number of aliphatic hydroxyl groups is 1. The molecule has 0 aromatic heterocycles. The number of hydrogen-bond donors (Lipinski definition) is 3. The van der Waals surface area contributed by atoms with E-state index in [1.54, 1.807) is 18.2 Å². The third kappa shape index (κ3) is 3.35. The van der Waals surface area contributed by atoms with Crippen LogP contribution in [0.5, 0.6) is 11.5 Å². The molecule has 6 nitrogen and oxygen atoms in total. The maximum Gasteiger partial charge on any atom is 0.238 e. The van der Waals surface area contributed by atoms with E-state index in [0.29, 0.717) is 36.9 Å². The molecule has 0 aliphatic carbocycles. The van der Waals surface area contributed by atoms with Crippen LogP contribution in [0.25, 0.3) is 0 Å². The Hall–Kier alpha value is -1.79. The lowest BCUT2D eigenvalue weighted by Crippen LogP contribution is -2.30. The molecule has 0 saturated heterocycles. The Kier molecular flexibility index (Phi) is 4.38. The van der Waals surface area contributed by atoms with E-state index in [0.717, 1.165) is 0 Å². The van der Waals surface area contributed by atoms with Gasteiger partial charge < -0.3 is 25.2 Å². The molecule has 98 valence electrons. The molecule has 1 heterocycles. The van der Waals surface area contributed by atoms with Crippen molar-refractivity contribution >= 4 is 11.6 Å². The molecular formula is C12H16N2O4. The molecule has 6 heteroatoms. The minimum absolute atomic E-state index is 0.0112. The number of fused-ring (bicyclic) bond motifs is 1. The van der Waals surface area contributed by atoms with Crippen molar-refractivity contribution in [3.63, 3.8) is 0 Å². The SMILES string of the molecule is O=C(CNCCO)Nc1ccc2c(c1)OCCO2. The van der Waals surface area contributed by atoms with Crippen molar-refractivity contribution in [3.8, 4) is 11.5 Å². The summed E-state index contributed by atoms with van der Waals surface area (Å²) in [5, 5.41) is 14.1. The summed E-state index contributed by atoms with van der Waals surface area (Å²) in [6, 6.07) is 5.27. The first-order valence-electron chi connectivity index (χ1n) is 5.80. The van der Waals surface area contributed by atoms with E-state index < -0.39 is 0 Å². The smallest absolute Gasteiger partial charge is 0.238 e. The van der Waals surface area contributed by atoms with Crippen molar-refractivity contribution in [1.29, 1.82) is 0 Å². The van der Waals surface area contributed by atoms with Crippen molar-refractivity contribution in [2.75, 3.05) is 38.2 Å². The van der Waals surface area contributed by atoms with Crippen LogP contribution in [0, 0.1) is 0 Å². The van der Waals surface area contributed by atoms with Gasteiger partial charge in [-0.05, 0) is 12.1 Å². The average molecular weight is 252 g/mol. The van der Waals surface area contributed by atoms with Crippen molar-refractivity contribution in [3.05, 3.63) is 18.2 Å². The molecule has 1 aliphatic heterocycles. The number of rotatable bonds is 5. The summed E-state index contributed by atoms with van der Waals surface area (Å²) in [6.45, 7) is 1.63. The fourth-order valence-corrected chi connectivity index (χ4v) is 1.61. The van der Waals surface area contributed by atoms with Crippen LogP contribution in [-0.4, -0.2) is 43.9 Å².